The van der Waals surface area contributed by atoms with Crippen LogP contribution in [0, 0.1) is 5.92 Å². The Morgan fingerprint density at radius 3 is 2.74 bits per heavy atom. The molecule has 1 aliphatic rings. The molecule has 1 N–H and O–H groups in total. The van der Waals surface area contributed by atoms with Gasteiger partial charge in [-0.05, 0) is 25.8 Å². The van der Waals surface area contributed by atoms with E-state index in [1.807, 2.05) is 19.2 Å². The molecule has 1 saturated carbocycles. The Hall–Kier alpha value is -2.93. The molecule has 0 amide bonds. The van der Waals surface area contributed by atoms with Gasteiger partial charge in [-0.3, -0.25) is 4.79 Å². The summed E-state index contributed by atoms with van der Waals surface area (Å²) < 4.78 is 3.81. The summed E-state index contributed by atoms with van der Waals surface area (Å²) in [5.41, 5.74) is 3.69. The Bertz CT molecular complexity index is 1300. The number of pyridine rings is 1. The Labute approximate surface area is 185 Å². The number of aromatic nitrogens is 5. The van der Waals surface area contributed by atoms with Gasteiger partial charge in [0, 0.05) is 48.9 Å². The summed E-state index contributed by atoms with van der Waals surface area (Å²) in [6, 6.07) is 4.09. The molecule has 0 bridgehead atoms. The maximum absolute atomic E-state index is 13.0. The fourth-order valence-electron chi connectivity index (χ4n) is 4.25. The molecule has 0 atom stereocenters. The minimum absolute atomic E-state index is 0.112. The van der Waals surface area contributed by atoms with Gasteiger partial charge in [0.2, 0.25) is 0 Å². The quantitative estimate of drug-likeness (QED) is 0.410. The normalized spacial score (nSPS) is 14.5. The molecule has 0 aromatic carbocycles. The second kappa shape index (κ2) is 7.64. The molecular formula is C23H25ClN6O. The number of hydrogen-bond acceptors (Lipinski definition) is 5. The van der Waals surface area contributed by atoms with Crippen LogP contribution >= 0.6 is 11.6 Å². The second-order valence-electron chi connectivity index (χ2n) is 8.56. The smallest absolute Gasteiger partial charge is 0.168 e. The molecule has 0 saturated heterocycles. The van der Waals surface area contributed by atoms with E-state index in [0.29, 0.717) is 28.6 Å². The van der Waals surface area contributed by atoms with Crippen molar-refractivity contribution in [1.29, 1.82) is 0 Å². The highest BCUT2D eigenvalue weighted by Gasteiger charge is 2.25. The molecule has 4 aromatic rings. The van der Waals surface area contributed by atoms with Crippen molar-refractivity contribution in [2.45, 2.75) is 45.6 Å². The van der Waals surface area contributed by atoms with Gasteiger partial charge in [-0.1, -0.05) is 30.9 Å². The maximum Gasteiger partial charge on any atom is 0.168 e. The minimum atomic E-state index is 0.112. The number of Topliss-reactive ketones (excluding diaryl/α,β-unsaturated/α-hetero) is 1. The van der Waals surface area contributed by atoms with Gasteiger partial charge >= 0.3 is 0 Å². The molecule has 1 fully saturated rings. The average molecular weight is 437 g/mol. The van der Waals surface area contributed by atoms with Crippen LogP contribution in [0.1, 0.15) is 55.9 Å². The molecule has 5 rings (SSSR count). The number of carbonyl (C=O) groups is 1. The zero-order valence-corrected chi connectivity index (χ0v) is 18.6. The van der Waals surface area contributed by atoms with E-state index in [-0.39, 0.29) is 11.8 Å². The third-order valence-corrected chi connectivity index (χ3v) is 6.40. The molecule has 0 aliphatic heterocycles. The summed E-state index contributed by atoms with van der Waals surface area (Å²) in [6.07, 6.45) is 9.41. The number of ketones is 1. The van der Waals surface area contributed by atoms with E-state index < -0.39 is 0 Å². The number of carbonyl (C=O) groups excluding carboxylic acids is 1. The molecule has 4 heterocycles. The number of nitrogens with zero attached hydrogens (tertiary/aromatic N) is 5. The number of nitrogens with one attached hydrogen (secondary N) is 1. The van der Waals surface area contributed by atoms with Crippen molar-refractivity contribution in [2.24, 2.45) is 5.92 Å². The Balaban J connectivity index is 1.69. The van der Waals surface area contributed by atoms with Crippen LogP contribution in [0.5, 0.6) is 0 Å². The average Bonchev–Trinajstić information content (AvgIpc) is 3.31. The topological polar surface area (TPSA) is 77.1 Å². The Morgan fingerprint density at radius 1 is 1.26 bits per heavy atom. The lowest BCUT2D eigenvalue weighted by molar-refractivity contribution is 0.0938. The summed E-state index contributed by atoms with van der Waals surface area (Å²) in [5, 5.41) is 9.13. The van der Waals surface area contributed by atoms with Crippen LogP contribution in [0.2, 0.25) is 5.02 Å². The highest BCUT2D eigenvalue weighted by Crippen LogP contribution is 2.35. The number of rotatable bonds is 6. The van der Waals surface area contributed by atoms with Crippen LogP contribution in [0.15, 0.2) is 30.7 Å². The van der Waals surface area contributed by atoms with Crippen LogP contribution in [0.25, 0.3) is 27.9 Å². The molecule has 0 unspecified atom stereocenters. The lowest BCUT2D eigenvalue weighted by atomic mass is 9.81. The van der Waals surface area contributed by atoms with Crippen LogP contribution in [0.4, 0.5) is 5.82 Å². The zero-order chi connectivity index (χ0) is 21.7. The molecule has 1 aliphatic carbocycles. The summed E-state index contributed by atoms with van der Waals surface area (Å²) in [4.78, 5) is 22.4. The third-order valence-electron chi connectivity index (χ3n) is 6.20. The Morgan fingerprint density at radius 2 is 2.06 bits per heavy atom. The third kappa shape index (κ3) is 3.37. The van der Waals surface area contributed by atoms with E-state index in [2.05, 4.69) is 40.0 Å². The lowest BCUT2D eigenvalue weighted by Gasteiger charge is -2.24. The highest BCUT2D eigenvalue weighted by atomic mass is 35.5. The number of hydrogen-bond donors (Lipinski definition) is 1. The molecule has 31 heavy (non-hydrogen) atoms. The van der Waals surface area contributed by atoms with Crippen molar-refractivity contribution >= 4 is 39.9 Å². The predicted octanol–water partition coefficient (Wildman–Crippen LogP) is 5.39. The van der Waals surface area contributed by atoms with E-state index in [9.17, 15) is 4.79 Å². The predicted molar refractivity (Wildman–Crippen MR) is 123 cm³/mol. The second-order valence-corrected chi connectivity index (χ2v) is 9.00. The standard InChI is InChI=1S/C23H25ClN6O/c1-13(2)29-12-18(16-8-15(24)10-26-22(16)29)19-9-21(25-3)30-23(28-19)17(11-27-30)20(31)7-14-5-4-6-14/h8-14,25H,4-7H2,1-3H3. The summed E-state index contributed by atoms with van der Waals surface area (Å²) in [6.45, 7) is 4.23. The fraction of sp³-hybridized carbons (Fsp3) is 0.391. The first-order valence-electron chi connectivity index (χ1n) is 10.7. The van der Waals surface area contributed by atoms with Crippen LogP contribution in [-0.4, -0.2) is 37.0 Å². The number of anilines is 1. The van der Waals surface area contributed by atoms with E-state index >= 15 is 0 Å². The van der Waals surface area contributed by atoms with Gasteiger partial charge < -0.3 is 9.88 Å². The minimum Gasteiger partial charge on any atom is -0.373 e. The van der Waals surface area contributed by atoms with Crippen molar-refractivity contribution in [3.05, 3.63) is 41.3 Å². The maximum atomic E-state index is 13.0. The monoisotopic (exact) mass is 436 g/mol. The van der Waals surface area contributed by atoms with Crippen LogP contribution in [-0.2, 0) is 0 Å². The van der Waals surface area contributed by atoms with Crippen molar-refractivity contribution in [2.75, 3.05) is 12.4 Å². The van der Waals surface area contributed by atoms with Crippen molar-refractivity contribution in [3.8, 4) is 11.3 Å². The SMILES string of the molecule is CNc1cc(-c2cn(C(C)C)c3ncc(Cl)cc23)nc2c(C(=O)CC3CCC3)cnn12. The molecular weight excluding hydrogens is 412 g/mol. The first kappa shape index (κ1) is 20.0. The molecule has 160 valence electrons. The fourth-order valence-corrected chi connectivity index (χ4v) is 4.41. The van der Waals surface area contributed by atoms with Crippen LogP contribution < -0.4 is 5.32 Å². The van der Waals surface area contributed by atoms with Gasteiger partial charge in [0.1, 0.15) is 11.5 Å². The number of halogens is 1. The van der Waals surface area contributed by atoms with Gasteiger partial charge in [-0.2, -0.15) is 9.61 Å². The van der Waals surface area contributed by atoms with Crippen LogP contribution in [0.3, 0.4) is 0 Å². The van der Waals surface area contributed by atoms with Gasteiger partial charge in [-0.15, -0.1) is 0 Å². The lowest BCUT2D eigenvalue weighted by Crippen LogP contribution is -2.16. The largest absolute Gasteiger partial charge is 0.373 e. The van der Waals surface area contributed by atoms with Crippen molar-refractivity contribution in [3.63, 3.8) is 0 Å². The first-order valence-corrected chi connectivity index (χ1v) is 11.1. The summed E-state index contributed by atoms with van der Waals surface area (Å²) >= 11 is 6.27. The number of fused-ring (bicyclic) bond motifs is 2. The van der Waals surface area contributed by atoms with Gasteiger partial charge in [-0.25, -0.2) is 9.97 Å². The zero-order valence-electron chi connectivity index (χ0n) is 17.9. The van der Waals surface area contributed by atoms with Gasteiger partial charge in [0.15, 0.2) is 11.4 Å². The molecule has 0 spiro atoms. The molecule has 8 heteroatoms. The molecule has 4 aromatic heterocycles. The van der Waals surface area contributed by atoms with Crippen molar-refractivity contribution in [1.82, 2.24) is 24.1 Å². The van der Waals surface area contributed by atoms with Gasteiger partial charge in [0.25, 0.3) is 0 Å². The van der Waals surface area contributed by atoms with Gasteiger partial charge in [0.05, 0.1) is 22.5 Å². The molecule has 0 radical (unpaired) electrons. The van der Waals surface area contributed by atoms with E-state index in [1.165, 1.54) is 6.42 Å². The molecule has 7 nitrogen and oxygen atoms in total. The van der Waals surface area contributed by atoms with Crippen molar-refractivity contribution < 1.29 is 4.79 Å². The summed E-state index contributed by atoms with van der Waals surface area (Å²) in [7, 11) is 1.84. The highest BCUT2D eigenvalue weighted by molar-refractivity contribution is 6.31. The van der Waals surface area contributed by atoms with E-state index in [0.717, 1.165) is 41.0 Å². The van der Waals surface area contributed by atoms with E-state index in [1.54, 1.807) is 16.9 Å². The summed E-state index contributed by atoms with van der Waals surface area (Å²) in [5.74, 6) is 1.37. The van der Waals surface area contributed by atoms with E-state index in [4.69, 9.17) is 16.6 Å². The first-order chi connectivity index (χ1) is 15.0. The Kier molecular flexibility index (Phi) is 4.93.